The van der Waals surface area contributed by atoms with E-state index in [0.29, 0.717) is 5.69 Å². The highest BCUT2D eigenvalue weighted by Gasteiger charge is 2.42. The van der Waals surface area contributed by atoms with Crippen LogP contribution in [0, 0.1) is 10.1 Å². The lowest BCUT2D eigenvalue weighted by Gasteiger charge is -2.40. The molecule has 0 aliphatic carbocycles. The molecule has 0 saturated carbocycles. The van der Waals surface area contributed by atoms with E-state index in [-0.39, 0.29) is 17.9 Å². The van der Waals surface area contributed by atoms with E-state index in [1.807, 2.05) is 0 Å². The molecular weight excluding hydrogens is 298 g/mol. The molecule has 1 aliphatic heterocycles. The van der Waals surface area contributed by atoms with Crippen LogP contribution in [-0.4, -0.2) is 41.9 Å². The molecule has 1 heterocycles. The summed E-state index contributed by atoms with van der Waals surface area (Å²) in [4.78, 5) is 13.0. The Morgan fingerprint density at radius 2 is 1.90 bits per heavy atom. The van der Waals surface area contributed by atoms with Gasteiger partial charge in [-0.05, 0) is 19.1 Å². The molecule has 0 amide bonds. The smallest absolute Gasteiger partial charge is 0.306 e. The third kappa shape index (κ3) is 2.83. The predicted molar refractivity (Wildman–Crippen MR) is 76.6 cm³/mol. The summed E-state index contributed by atoms with van der Waals surface area (Å²) >= 11 is 0. The molecule has 0 aromatic heterocycles. The van der Waals surface area contributed by atoms with Crippen molar-refractivity contribution in [1.29, 1.82) is 0 Å². The molecule has 1 N–H and O–H groups in total. The minimum atomic E-state index is -4.46. The van der Waals surface area contributed by atoms with Gasteiger partial charge in [-0.15, -0.1) is 0 Å². The number of para-hydroxylation sites is 1. The summed E-state index contributed by atoms with van der Waals surface area (Å²) in [5.41, 5.74) is -0.835. The third-order valence-corrected chi connectivity index (χ3v) is 4.54. The molecule has 1 aliphatic rings. The van der Waals surface area contributed by atoms with Crippen LogP contribution in [0.15, 0.2) is 41.7 Å². The second-order valence-electron chi connectivity index (χ2n) is 4.70. The van der Waals surface area contributed by atoms with Gasteiger partial charge in [0.1, 0.15) is 6.54 Å². The quantitative estimate of drug-likeness (QED) is 0.506. The fraction of sp³-hybridized carbons (Fsp3) is 0.333. The maximum absolute atomic E-state index is 11.7. The van der Waals surface area contributed by atoms with E-state index >= 15 is 0 Å². The molecule has 0 spiro atoms. The minimum absolute atomic E-state index is 0.110. The summed E-state index contributed by atoms with van der Waals surface area (Å²) < 4.78 is 32.8. The summed E-state index contributed by atoms with van der Waals surface area (Å²) in [6, 6.07) is 8.38. The fourth-order valence-corrected chi connectivity index (χ4v) is 3.40. The number of nitrogens with zero attached hydrogens (tertiary/aromatic N) is 3. The van der Waals surface area contributed by atoms with Crippen LogP contribution in [0.25, 0.3) is 0 Å². The largest absolute Gasteiger partial charge is 0.338 e. The molecule has 0 radical (unpaired) electrons. The van der Waals surface area contributed by atoms with Crippen LogP contribution >= 0.6 is 0 Å². The van der Waals surface area contributed by atoms with Crippen LogP contribution < -0.4 is 4.90 Å². The number of benzene rings is 1. The molecule has 0 bridgehead atoms. The van der Waals surface area contributed by atoms with Crippen molar-refractivity contribution >= 4 is 15.8 Å². The Balaban J connectivity index is 2.59. The number of nitro groups is 1. The fourth-order valence-electron chi connectivity index (χ4n) is 2.32. The summed E-state index contributed by atoms with van der Waals surface area (Å²) in [6.45, 7) is 1.25. The van der Waals surface area contributed by atoms with Crippen molar-refractivity contribution < 1.29 is 17.9 Å². The Morgan fingerprint density at radius 3 is 2.38 bits per heavy atom. The maximum Gasteiger partial charge on any atom is 0.306 e. The summed E-state index contributed by atoms with van der Waals surface area (Å²) in [5.74, 6) is 0. The van der Waals surface area contributed by atoms with E-state index in [9.17, 15) is 23.1 Å². The van der Waals surface area contributed by atoms with Gasteiger partial charge >= 0.3 is 10.1 Å². The number of hydrogen-bond acceptors (Lipinski definition) is 6. The molecule has 21 heavy (non-hydrogen) atoms. The van der Waals surface area contributed by atoms with Gasteiger partial charge in [0.25, 0.3) is 5.70 Å². The number of hydrogen-bond donors (Lipinski definition) is 1. The van der Waals surface area contributed by atoms with Crippen LogP contribution in [0.4, 0.5) is 5.69 Å². The van der Waals surface area contributed by atoms with Crippen LogP contribution in [0.5, 0.6) is 0 Å². The first kappa shape index (κ1) is 15.3. The highest BCUT2D eigenvalue weighted by atomic mass is 32.2. The second-order valence-corrected chi connectivity index (χ2v) is 6.16. The normalized spacial score (nSPS) is 19.9. The highest BCUT2D eigenvalue weighted by molar-refractivity contribution is 7.86. The predicted octanol–water partition coefficient (Wildman–Crippen LogP) is 1.12. The van der Waals surface area contributed by atoms with Crippen molar-refractivity contribution in [3.63, 3.8) is 0 Å². The standard InChI is InChI=1S/C12H15N3O5S/c1-9-11(15(16)17)8-14(10-6-4-3-5-7-10)12(13(9)2)21(18,19)20/h3-7,12H,8H2,1-2H3,(H,18,19,20). The SMILES string of the molecule is CC1=C([N+](=O)[O-])CN(c2ccccc2)C(S(=O)(=O)O)N1C. The van der Waals surface area contributed by atoms with Crippen LogP contribution in [0.1, 0.15) is 6.92 Å². The summed E-state index contributed by atoms with van der Waals surface area (Å²) in [5, 5.41) is 11.1. The first-order valence-electron chi connectivity index (χ1n) is 6.08. The van der Waals surface area contributed by atoms with Gasteiger partial charge in [0, 0.05) is 12.7 Å². The van der Waals surface area contributed by atoms with E-state index in [1.54, 1.807) is 30.3 Å². The Kier molecular flexibility index (Phi) is 3.88. The van der Waals surface area contributed by atoms with Gasteiger partial charge in [-0.25, -0.2) is 0 Å². The van der Waals surface area contributed by atoms with Gasteiger partial charge in [0.2, 0.25) is 5.50 Å². The van der Waals surface area contributed by atoms with Crippen LogP contribution in [0.2, 0.25) is 0 Å². The van der Waals surface area contributed by atoms with Crippen molar-refractivity contribution in [2.45, 2.75) is 12.4 Å². The molecule has 0 fully saturated rings. The van der Waals surface area contributed by atoms with E-state index < -0.39 is 20.5 Å². The Bertz CT molecular complexity index is 686. The molecule has 1 aromatic rings. The number of allylic oxidation sites excluding steroid dienone is 1. The van der Waals surface area contributed by atoms with Gasteiger partial charge in [-0.3, -0.25) is 14.7 Å². The second kappa shape index (κ2) is 5.34. The molecule has 9 heteroatoms. The van der Waals surface area contributed by atoms with E-state index in [4.69, 9.17) is 0 Å². The van der Waals surface area contributed by atoms with Gasteiger partial charge < -0.3 is 9.80 Å². The van der Waals surface area contributed by atoms with Gasteiger partial charge in [0.05, 0.1) is 10.6 Å². The van der Waals surface area contributed by atoms with Crippen molar-refractivity contribution in [1.82, 2.24) is 4.90 Å². The Hall–Kier alpha value is -2.13. The van der Waals surface area contributed by atoms with Crippen molar-refractivity contribution in [2.75, 3.05) is 18.5 Å². The Labute approximate surface area is 122 Å². The molecule has 1 unspecified atom stereocenters. The van der Waals surface area contributed by atoms with Crippen molar-refractivity contribution in [3.8, 4) is 0 Å². The zero-order chi connectivity index (χ0) is 15.8. The van der Waals surface area contributed by atoms with E-state index in [0.717, 1.165) is 0 Å². The third-order valence-electron chi connectivity index (χ3n) is 3.44. The summed E-state index contributed by atoms with van der Waals surface area (Å²) in [7, 11) is -3.06. The van der Waals surface area contributed by atoms with E-state index in [1.165, 1.54) is 23.8 Å². The molecule has 114 valence electrons. The molecule has 2 rings (SSSR count). The number of anilines is 1. The lowest BCUT2D eigenvalue weighted by atomic mass is 10.2. The molecule has 1 atom stereocenters. The van der Waals surface area contributed by atoms with Crippen LogP contribution in [0.3, 0.4) is 0 Å². The average Bonchev–Trinajstić information content (AvgIpc) is 2.40. The van der Waals surface area contributed by atoms with Gasteiger partial charge in [-0.2, -0.15) is 8.42 Å². The minimum Gasteiger partial charge on any atom is -0.338 e. The lowest BCUT2D eigenvalue weighted by molar-refractivity contribution is -0.428. The first-order chi connectivity index (χ1) is 9.73. The van der Waals surface area contributed by atoms with Crippen molar-refractivity contribution in [3.05, 3.63) is 51.8 Å². The zero-order valence-electron chi connectivity index (χ0n) is 11.5. The zero-order valence-corrected chi connectivity index (χ0v) is 12.3. The lowest BCUT2D eigenvalue weighted by Crippen LogP contribution is -2.55. The van der Waals surface area contributed by atoms with Gasteiger partial charge in [0.15, 0.2) is 0 Å². The highest BCUT2D eigenvalue weighted by Crippen LogP contribution is 2.30. The van der Waals surface area contributed by atoms with Crippen molar-refractivity contribution in [2.24, 2.45) is 0 Å². The number of rotatable bonds is 3. The van der Waals surface area contributed by atoms with E-state index in [2.05, 4.69) is 0 Å². The molecule has 0 saturated heterocycles. The molecular formula is C12H15N3O5S. The molecule has 1 aromatic carbocycles. The Morgan fingerprint density at radius 1 is 1.33 bits per heavy atom. The monoisotopic (exact) mass is 313 g/mol. The summed E-state index contributed by atoms with van der Waals surface area (Å²) in [6.07, 6.45) is 0. The first-order valence-corrected chi connectivity index (χ1v) is 7.58. The average molecular weight is 313 g/mol. The molecule has 8 nitrogen and oxygen atoms in total. The maximum atomic E-state index is 11.7. The topological polar surface area (TPSA) is 104 Å². The van der Waals surface area contributed by atoms with Gasteiger partial charge in [-0.1, -0.05) is 18.2 Å². The van der Waals surface area contributed by atoms with Crippen LogP contribution in [-0.2, 0) is 10.1 Å².